The Hall–Kier alpha value is -0.680. The second-order valence-corrected chi connectivity index (χ2v) is 5.61. The lowest BCUT2D eigenvalue weighted by Gasteiger charge is -2.14. The fraction of sp³-hybridized carbons (Fsp3) is 0.714. The second kappa shape index (κ2) is 8.48. The first-order valence-corrected chi connectivity index (χ1v) is 7.77. The van der Waals surface area contributed by atoms with Crippen molar-refractivity contribution >= 4 is 21.7 Å². The minimum Gasteiger partial charge on any atom is -0.373 e. The standard InChI is InChI=1S/C14H24BrN3O/c1-5-7-16-14-12(15)13(10(3)4)17-11(18-14)9-19-8-6-2/h10H,5-9H2,1-4H3,(H,16,17,18). The van der Waals surface area contributed by atoms with E-state index in [2.05, 4.69) is 58.9 Å². The third-order valence-corrected chi connectivity index (χ3v) is 3.37. The Bertz CT molecular complexity index is 397. The van der Waals surface area contributed by atoms with Crippen molar-refractivity contribution in [2.45, 2.75) is 53.1 Å². The zero-order valence-corrected chi connectivity index (χ0v) is 13.9. The van der Waals surface area contributed by atoms with Crippen LogP contribution >= 0.6 is 15.9 Å². The van der Waals surface area contributed by atoms with Gasteiger partial charge in [0.1, 0.15) is 12.4 Å². The van der Waals surface area contributed by atoms with Gasteiger partial charge in [-0.1, -0.05) is 27.7 Å². The molecule has 0 aliphatic rings. The molecular weight excluding hydrogens is 306 g/mol. The highest BCUT2D eigenvalue weighted by Gasteiger charge is 2.14. The molecule has 0 aliphatic carbocycles. The zero-order chi connectivity index (χ0) is 14.3. The first kappa shape index (κ1) is 16.4. The molecule has 108 valence electrons. The van der Waals surface area contributed by atoms with E-state index in [9.17, 15) is 0 Å². The summed E-state index contributed by atoms with van der Waals surface area (Å²) in [4.78, 5) is 9.12. The fourth-order valence-corrected chi connectivity index (χ4v) is 2.40. The third-order valence-electron chi connectivity index (χ3n) is 2.59. The molecule has 0 saturated carbocycles. The predicted molar refractivity (Wildman–Crippen MR) is 82.5 cm³/mol. The molecule has 1 aromatic heterocycles. The van der Waals surface area contributed by atoms with E-state index < -0.39 is 0 Å². The van der Waals surface area contributed by atoms with Gasteiger partial charge in [0.2, 0.25) is 0 Å². The van der Waals surface area contributed by atoms with Gasteiger partial charge in [0, 0.05) is 13.2 Å². The maximum atomic E-state index is 5.53. The van der Waals surface area contributed by atoms with Gasteiger partial charge in [0.05, 0.1) is 10.2 Å². The zero-order valence-electron chi connectivity index (χ0n) is 12.3. The van der Waals surface area contributed by atoms with Crippen LogP contribution in [0, 0.1) is 0 Å². The van der Waals surface area contributed by atoms with E-state index in [1.165, 1.54) is 0 Å². The van der Waals surface area contributed by atoms with Crippen molar-refractivity contribution in [2.24, 2.45) is 0 Å². The van der Waals surface area contributed by atoms with Gasteiger partial charge in [0.25, 0.3) is 0 Å². The largest absolute Gasteiger partial charge is 0.373 e. The van der Waals surface area contributed by atoms with Crippen molar-refractivity contribution in [2.75, 3.05) is 18.5 Å². The predicted octanol–water partition coefficient (Wildman–Crippen LogP) is 4.11. The molecule has 0 bridgehead atoms. The number of aromatic nitrogens is 2. The Morgan fingerprint density at radius 2 is 1.95 bits per heavy atom. The van der Waals surface area contributed by atoms with Crippen LogP contribution in [-0.4, -0.2) is 23.1 Å². The van der Waals surface area contributed by atoms with Crippen molar-refractivity contribution in [3.63, 3.8) is 0 Å². The fourth-order valence-electron chi connectivity index (χ4n) is 1.63. The molecule has 4 nitrogen and oxygen atoms in total. The molecule has 0 radical (unpaired) electrons. The van der Waals surface area contributed by atoms with Crippen LogP contribution in [0.3, 0.4) is 0 Å². The van der Waals surface area contributed by atoms with Crippen LogP contribution in [0.1, 0.15) is 58.0 Å². The maximum Gasteiger partial charge on any atom is 0.156 e. The van der Waals surface area contributed by atoms with Crippen molar-refractivity contribution in [1.82, 2.24) is 9.97 Å². The molecule has 1 aromatic rings. The number of nitrogens with zero attached hydrogens (tertiary/aromatic N) is 2. The van der Waals surface area contributed by atoms with Gasteiger partial charge in [-0.15, -0.1) is 0 Å². The van der Waals surface area contributed by atoms with Crippen molar-refractivity contribution in [3.05, 3.63) is 16.0 Å². The quantitative estimate of drug-likeness (QED) is 0.729. The molecule has 0 unspecified atom stereocenters. The third kappa shape index (κ3) is 5.07. The Morgan fingerprint density at radius 1 is 1.21 bits per heavy atom. The summed E-state index contributed by atoms with van der Waals surface area (Å²) < 4.78 is 6.50. The highest BCUT2D eigenvalue weighted by molar-refractivity contribution is 9.10. The first-order chi connectivity index (χ1) is 9.10. The number of anilines is 1. The average molecular weight is 330 g/mol. The monoisotopic (exact) mass is 329 g/mol. The van der Waals surface area contributed by atoms with Crippen LogP contribution in [0.4, 0.5) is 5.82 Å². The molecule has 0 aliphatic heterocycles. The molecule has 5 heteroatoms. The lowest BCUT2D eigenvalue weighted by atomic mass is 10.1. The highest BCUT2D eigenvalue weighted by atomic mass is 79.9. The number of hydrogen-bond acceptors (Lipinski definition) is 4. The van der Waals surface area contributed by atoms with Gasteiger partial charge < -0.3 is 10.1 Å². The first-order valence-electron chi connectivity index (χ1n) is 6.98. The summed E-state index contributed by atoms with van der Waals surface area (Å²) in [5, 5.41) is 3.34. The minimum absolute atomic E-state index is 0.351. The van der Waals surface area contributed by atoms with Gasteiger partial charge in [-0.25, -0.2) is 9.97 Å². The topological polar surface area (TPSA) is 47.0 Å². The van der Waals surface area contributed by atoms with E-state index in [1.54, 1.807) is 0 Å². The van der Waals surface area contributed by atoms with E-state index in [0.29, 0.717) is 12.5 Å². The highest BCUT2D eigenvalue weighted by Crippen LogP contribution is 2.29. The molecule has 0 fully saturated rings. The van der Waals surface area contributed by atoms with Crippen LogP contribution in [0.25, 0.3) is 0 Å². The van der Waals surface area contributed by atoms with Gasteiger partial charge in [0.15, 0.2) is 5.82 Å². The van der Waals surface area contributed by atoms with Crippen LogP contribution in [0.5, 0.6) is 0 Å². The summed E-state index contributed by atoms with van der Waals surface area (Å²) in [6.45, 7) is 10.6. The van der Waals surface area contributed by atoms with Crippen LogP contribution in [0.15, 0.2) is 4.47 Å². The summed E-state index contributed by atoms with van der Waals surface area (Å²) in [6.07, 6.45) is 2.07. The van der Waals surface area contributed by atoms with Crippen LogP contribution in [-0.2, 0) is 11.3 Å². The van der Waals surface area contributed by atoms with E-state index in [-0.39, 0.29) is 0 Å². The maximum absolute atomic E-state index is 5.53. The van der Waals surface area contributed by atoms with Crippen molar-refractivity contribution < 1.29 is 4.74 Å². The summed E-state index contributed by atoms with van der Waals surface area (Å²) in [5.74, 6) is 1.97. The van der Waals surface area contributed by atoms with Gasteiger partial charge in [-0.3, -0.25) is 0 Å². The molecule has 1 N–H and O–H groups in total. The number of halogens is 1. The number of nitrogens with one attached hydrogen (secondary N) is 1. The number of rotatable bonds is 8. The molecule has 0 saturated heterocycles. The number of hydrogen-bond donors (Lipinski definition) is 1. The average Bonchev–Trinajstić information content (AvgIpc) is 2.38. The van der Waals surface area contributed by atoms with Gasteiger partial charge in [-0.2, -0.15) is 0 Å². The second-order valence-electron chi connectivity index (χ2n) is 4.82. The molecule has 1 rings (SSSR count). The van der Waals surface area contributed by atoms with Crippen LogP contribution < -0.4 is 5.32 Å². The Morgan fingerprint density at radius 3 is 2.53 bits per heavy atom. The molecule has 0 aromatic carbocycles. The Balaban J connectivity index is 2.94. The van der Waals surface area contributed by atoms with E-state index in [4.69, 9.17) is 4.74 Å². The molecule has 0 atom stereocenters. The smallest absolute Gasteiger partial charge is 0.156 e. The summed E-state index contributed by atoms with van der Waals surface area (Å²) >= 11 is 3.60. The Labute approximate surface area is 124 Å². The lowest BCUT2D eigenvalue weighted by molar-refractivity contribution is 0.116. The van der Waals surface area contributed by atoms with E-state index in [1.807, 2.05) is 0 Å². The molecule has 0 spiro atoms. The van der Waals surface area contributed by atoms with Crippen molar-refractivity contribution in [3.8, 4) is 0 Å². The Kier molecular flexibility index (Phi) is 7.31. The molecule has 19 heavy (non-hydrogen) atoms. The van der Waals surface area contributed by atoms with Gasteiger partial charge in [-0.05, 0) is 34.7 Å². The minimum atomic E-state index is 0.351. The van der Waals surface area contributed by atoms with E-state index in [0.717, 1.165) is 47.8 Å². The molecule has 1 heterocycles. The summed E-state index contributed by atoms with van der Waals surface area (Å²) in [5.41, 5.74) is 1.03. The molecule has 0 amide bonds. The normalized spacial score (nSPS) is 11.1. The number of ether oxygens (including phenoxy) is 1. The lowest BCUT2D eigenvalue weighted by Crippen LogP contribution is -2.11. The summed E-state index contributed by atoms with van der Waals surface area (Å²) in [6, 6.07) is 0. The van der Waals surface area contributed by atoms with E-state index >= 15 is 0 Å². The van der Waals surface area contributed by atoms with Gasteiger partial charge >= 0.3 is 0 Å². The summed E-state index contributed by atoms with van der Waals surface area (Å²) in [7, 11) is 0. The van der Waals surface area contributed by atoms with Crippen LogP contribution in [0.2, 0.25) is 0 Å². The van der Waals surface area contributed by atoms with Crippen molar-refractivity contribution in [1.29, 1.82) is 0 Å². The molecular formula is C14H24BrN3O. The SMILES string of the molecule is CCCNc1nc(COCCC)nc(C(C)C)c1Br.